The van der Waals surface area contributed by atoms with Gasteiger partial charge in [0.05, 0.1) is 12.7 Å². The van der Waals surface area contributed by atoms with Crippen LogP contribution in [-0.4, -0.2) is 26.2 Å². The molecule has 1 aromatic rings. The minimum atomic E-state index is -0.316. The van der Waals surface area contributed by atoms with Gasteiger partial charge in [-0.1, -0.05) is 13.0 Å². The summed E-state index contributed by atoms with van der Waals surface area (Å²) in [7, 11) is 1.38. The van der Waals surface area contributed by atoms with Crippen LogP contribution < -0.4 is 11.1 Å². The van der Waals surface area contributed by atoms with E-state index in [0.717, 1.165) is 18.7 Å². The molecule has 3 N–H and O–H groups in total. The van der Waals surface area contributed by atoms with E-state index < -0.39 is 0 Å². The van der Waals surface area contributed by atoms with Gasteiger partial charge in [0.2, 0.25) is 0 Å². The molecule has 17 heavy (non-hydrogen) atoms. The minimum absolute atomic E-state index is 0.316. The fraction of sp³-hybridized carbons (Fsp3) is 0.462. The first-order valence-electron chi connectivity index (χ1n) is 5.79. The number of ether oxygens (including phenoxy) is 1. The third-order valence-electron chi connectivity index (χ3n) is 2.65. The number of benzene rings is 1. The summed E-state index contributed by atoms with van der Waals surface area (Å²) < 4.78 is 4.67. The summed E-state index contributed by atoms with van der Waals surface area (Å²) in [6.07, 6.45) is 1.01. The Morgan fingerprint density at radius 1 is 1.53 bits per heavy atom. The van der Waals surface area contributed by atoms with Gasteiger partial charge < -0.3 is 15.8 Å². The van der Waals surface area contributed by atoms with E-state index in [2.05, 4.69) is 17.0 Å². The summed E-state index contributed by atoms with van der Waals surface area (Å²) in [4.78, 5) is 11.3. The van der Waals surface area contributed by atoms with Crippen LogP contribution in [0.25, 0.3) is 0 Å². The smallest absolute Gasteiger partial charge is 0.337 e. The second-order valence-corrected chi connectivity index (χ2v) is 4.13. The molecule has 0 amide bonds. The van der Waals surface area contributed by atoms with Crippen molar-refractivity contribution in [2.75, 3.05) is 25.5 Å². The van der Waals surface area contributed by atoms with E-state index in [9.17, 15) is 4.79 Å². The number of anilines is 1. The van der Waals surface area contributed by atoms with Crippen LogP contribution in [0.15, 0.2) is 24.3 Å². The molecular weight excluding hydrogens is 216 g/mol. The number of esters is 1. The number of nitrogens with two attached hydrogens (primary N) is 1. The van der Waals surface area contributed by atoms with Crippen LogP contribution in [0.2, 0.25) is 0 Å². The number of hydrogen-bond donors (Lipinski definition) is 2. The predicted octanol–water partition coefficient (Wildman–Crippen LogP) is 1.87. The highest BCUT2D eigenvalue weighted by Crippen LogP contribution is 2.12. The topological polar surface area (TPSA) is 64.3 Å². The van der Waals surface area contributed by atoms with E-state index in [-0.39, 0.29) is 5.97 Å². The van der Waals surface area contributed by atoms with Crippen molar-refractivity contribution in [3.63, 3.8) is 0 Å². The first kappa shape index (κ1) is 13.5. The lowest BCUT2D eigenvalue weighted by atomic mass is 10.1. The van der Waals surface area contributed by atoms with Crippen molar-refractivity contribution in [2.45, 2.75) is 13.3 Å². The molecule has 0 heterocycles. The molecule has 0 radical (unpaired) electrons. The van der Waals surface area contributed by atoms with E-state index in [0.29, 0.717) is 18.0 Å². The molecule has 0 aliphatic heterocycles. The molecule has 0 aliphatic carbocycles. The van der Waals surface area contributed by atoms with Crippen molar-refractivity contribution in [2.24, 2.45) is 11.7 Å². The fourth-order valence-corrected chi connectivity index (χ4v) is 1.45. The van der Waals surface area contributed by atoms with Crippen LogP contribution in [0, 0.1) is 5.92 Å². The maximum atomic E-state index is 11.3. The van der Waals surface area contributed by atoms with Gasteiger partial charge in [-0.05, 0) is 37.1 Å². The van der Waals surface area contributed by atoms with Crippen LogP contribution in [-0.2, 0) is 4.74 Å². The third kappa shape index (κ3) is 4.44. The second kappa shape index (κ2) is 6.91. The summed E-state index contributed by atoms with van der Waals surface area (Å²) in [5, 5.41) is 3.27. The molecule has 1 aromatic carbocycles. The third-order valence-corrected chi connectivity index (χ3v) is 2.65. The zero-order valence-electron chi connectivity index (χ0n) is 10.4. The molecule has 0 saturated heterocycles. The Bertz CT molecular complexity index is 366. The average molecular weight is 236 g/mol. The van der Waals surface area contributed by atoms with Crippen molar-refractivity contribution >= 4 is 11.7 Å². The lowest BCUT2D eigenvalue weighted by Gasteiger charge is -2.10. The maximum Gasteiger partial charge on any atom is 0.337 e. The van der Waals surface area contributed by atoms with Crippen molar-refractivity contribution in [1.29, 1.82) is 0 Å². The summed E-state index contributed by atoms with van der Waals surface area (Å²) in [5.41, 5.74) is 7.03. The highest BCUT2D eigenvalue weighted by atomic mass is 16.5. The molecule has 0 bridgehead atoms. The van der Waals surface area contributed by atoms with E-state index in [1.807, 2.05) is 12.1 Å². The molecule has 4 heteroatoms. The summed E-state index contributed by atoms with van der Waals surface area (Å²) >= 11 is 0. The van der Waals surface area contributed by atoms with Gasteiger partial charge >= 0.3 is 5.97 Å². The summed E-state index contributed by atoms with van der Waals surface area (Å²) in [5.74, 6) is 0.190. The molecule has 94 valence electrons. The number of rotatable bonds is 6. The number of methoxy groups -OCH3 is 1. The van der Waals surface area contributed by atoms with Crippen LogP contribution >= 0.6 is 0 Å². The highest BCUT2D eigenvalue weighted by molar-refractivity contribution is 5.90. The molecule has 1 rings (SSSR count). The van der Waals surface area contributed by atoms with Crippen LogP contribution in [0.1, 0.15) is 23.7 Å². The highest BCUT2D eigenvalue weighted by Gasteiger charge is 2.05. The van der Waals surface area contributed by atoms with Crippen LogP contribution in [0.3, 0.4) is 0 Å². The van der Waals surface area contributed by atoms with Gasteiger partial charge in [-0.2, -0.15) is 0 Å². The lowest BCUT2D eigenvalue weighted by molar-refractivity contribution is 0.0601. The van der Waals surface area contributed by atoms with Gasteiger partial charge in [0.1, 0.15) is 0 Å². The van der Waals surface area contributed by atoms with Gasteiger partial charge in [0.15, 0.2) is 0 Å². The lowest BCUT2D eigenvalue weighted by Crippen LogP contribution is -2.15. The standard InChI is InChI=1S/C13H20N2O2/c1-10(9-14)6-7-15-12-5-3-4-11(8-12)13(16)17-2/h3-5,8,10,15H,6-7,9,14H2,1-2H3. The van der Waals surface area contributed by atoms with Crippen molar-refractivity contribution < 1.29 is 9.53 Å². The van der Waals surface area contributed by atoms with Crippen molar-refractivity contribution in [1.82, 2.24) is 0 Å². The quantitative estimate of drug-likeness (QED) is 0.740. The molecule has 1 unspecified atom stereocenters. The van der Waals surface area contributed by atoms with Crippen LogP contribution in [0.5, 0.6) is 0 Å². The molecule has 0 spiro atoms. The summed E-state index contributed by atoms with van der Waals surface area (Å²) in [6.45, 7) is 3.67. The molecule has 0 aliphatic rings. The maximum absolute atomic E-state index is 11.3. The van der Waals surface area contributed by atoms with Gasteiger partial charge in [-0.25, -0.2) is 4.79 Å². The minimum Gasteiger partial charge on any atom is -0.465 e. The molecule has 0 fully saturated rings. The largest absolute Gasteiger partial charge is 0.465 e. The summed E-state index contributed by atoms with van der Waals surface area (Å²) in [6, 6.07) is 7.29. The van der Waals surface area contributed by atoms with E-state index in [4.69, 9.17) is 5.73 Å². The fourth-order valence-electron chi connectivity index (χ4n) is 1.45. The Morgan fingerprint density at radius 2 is 2.29 bits per heavy atom. The molecular formula is C13H20N2O2. The number of hydrogen-bond acceptors (Lipinski definition) is 4. The first-order valence-corrected chi connectivity index (χ1v) is 5.79. The number of carbonyl (C=O) groups excluding carboxylic acids is 1. The molecule has 0 saturated carbocycles. The molecule has 1 atom stereocenters. The second-order valence-electron chi connectivity index (χ2n) is 4.13. The molecule has 0 aromatic heterocycles. The SMILES string of the molecule is COC(=O)c1cccc(NCCC(C)CN)c1. The number of nitrogens with one attached hydrogen (secondary N) is 1. The normalized spacial score (nSPS) is 11.9. The Labute approximate surface area is 102 Å². The van der Waals surface area contributed by atoms with Crippen LogP contribution in [0.4, 0.5) is 5.69 Å². The zero-order chi connectivity index (χ0) is 12.7. The Hall–Kier alpha value is -1.55. The monoisotopic (exact) mass is 236 g/mol. The Kier molecular flexibility index (Phi) is 5.49. The molecule has 4 nitrogen and oxygen atoms in total. The van der Waals surface area contributed by atoms with Gasteiger partial charge in [0.25, 0.3) is 0 Å². The Balaban J connectivity index is 2.51. The van der Waals surface area contributed by atoms with Gasteiger partial charge in [-0.15, -0.1) is 0 Å². The van der Waals surface area contributed by atoms with Crippen molar-refractivity contribution in [3.05, 3.63) is 29.8 Å². The zero-order valence-corrected chi connectivity index (χ0v) is 10.4. The van der Waals surface area contributed by atoms with Crippen molar-refractivity contribution in [3.8, 4) is 0 Å². The average Bonchev–Trinajstić information content (AvgIpc) is 2.38. The van der Waals surface area contributed by atoms with E-state index in [1.54, 1.807) is 12.1 Å². The van der Waals surface area contributed by atoms with E-state index >= 15 is 0 Å². The predicted molar refractivity (Wildman–Crippen MR) is 69.1 cm³/mol. The number of carbonyl (C=O) groups is 1. The Morgan fingerprint density at radius 3 is 2.94 bits per heavy atom. The van der Waals surface area contributed by atoms with Gasteiger partial charge in [-0.3, -0.25) is 0 Å². The first-order chi connectivity index (χ1) is 8.17. The van der Waals surface area contributed by atoms with Gasteiger partial charge in [0, 0.05) is 12.2 Å². The van der Waals surface area contributed by atoms with E-state index in [1.165, 1.54) is 7.11 Å².